The van der Waals surface area contributed by atoms with Crippen molar-refractivity contribution >= 4 is 5.91 Å². The summed E-state index contributed by atoms with van der Waals surface area (Å²) in [5, 5.41) is 6.72. The van der Waals surface area contributed by atoms with Crippen molar-refractivity contribution in [3.63, 3.8) is 0 Å². The van der Waals surface area contributed by atoms with Gasteiger partial charge in [0.15, 0.2) is 0 Å². The summed E-state index contributed by atoms with van der Waals surface area (Å²) in [6, 6.07) is 0. The number of carbonyl (C=O) groups excluding carboxylic acids is 1. The maximum atomic E-state index is 12.4. The molecule has 132 valence electrons. The molecule has 0 atom stereocenters. The van der Waals surface area contributed by atoms with E-state index in [0.717, 1.165) is 38.9 Å². The molecule has 0 aromatic heterocycles. The van der Waals surface area contributed by atoms with Crippen LogP contribution in [0.4, 0.5) is 0 Å². The Kier molecular flexibility index (Phi) is 6.35. The lowest BCUT2D eigenvalue weighted by molar-refractivity contribution is -0.123. The van der Waals surface area contributed by atoms with Gasteiger partial charge in [0.1, 0.15) is 0 Å². The molecule has 0 spiro atoms. The number of hydrogen-bond donors (Lipinski definition) is 2. The molecule has 2 aliphatic heterocycles. The van der Waals surface area contributed by atoms with Crippen LogP contribution in [0.1, 0.15) is 70.6 Å². The molecule has 0 aromatic carbocycles. The molecule has 4 nitrogen and oxygen atoms in total. The number of amides is 1. The van der Waals surface area contributed by atoms with E-state index in [9.17, 15) is 4.79 Å². The molecule has 2 N–H and O–H groups in total. The van der Waals surface area contributed by atoms with Gasteiger partial charge >= 0.3 is 0 Å². The zero-order valence-electron chi connectivity index (χ0n) is 14.7. The van der Waals surface area contributed by atoms with E-state index in [1.807, 2.05) is 0 Å². The number of hydrogen-bond acceptors (Lipinski definition) is 3. The summed E-state index contributed by atoms with van der Waals surface area (Å²) in [5.74, 6) is 0.882. The Bertz CT molecular complexity index is 367. The Morgan fingerprint density at radius 2 is 1.65 bits per heavy atom. The van der Waals surface area contributed by atoms with Gasteiger partial charge < -0.3 is 10.6 Å². The summed E-state index contributed by atoms with van der Waals surface area (Å²) in [4.78, 5) is 15.2. The van der Waals surface area contributed by atoms with Crippen LogP contribution in [0, 0.1) is 5.92 Å². The van der Waals surface area contributed by atoms with Crippen molar-refractivity contribution in [2.45, 2.75) is 76.2 Å². The molecule has 1 saturated carbocycles. The van der Waals surface area contributed by atoms with Gasteiger partial charge in [0.2, 0.25) is 5.91 Å². The third-order valence-electron chi connectivity index (χ3n) is 6.36. The predicted octanol–water partition coefficient (Wildman–Crippen LogP) is 2.68. The fraction of sp³-hybridized carbons (Fsp3) is 0.947. The van der Waals surface area contributed by atoms with Crippen LogP contribution in [0.25, 0.3) is 0 Å². The van der Waals surface area contributed by atoms with Crippen LogP contribution in [0.15, 0.2) is 0 Å². The third kappa shape index (κ3) is 4.69. The Balaban J connectivity index is 1.52. The van der Waals surface area contributed by atoms with Crippen molar-refractivity contribution in [3.05, 3.63) is 0 Å². The van der Waals surface area contributed by atoms with Crippen molar-refractivity contribution in [1.29, 1.82) is 0 Å². The van der Waals surface area contributed by atoms with Gasteiger partial charge in [-0.05, 0) is 70.6 Å². The van der Waals surface area contributed by atoms with E-state index in [4.69, 9.17) is 0 Å². The second kappa shape index (κ2) is 8.48. The smallest absolute Gasteiger partial charge is 0.220 e. The molecular formula is C19H35N3O. The van der Waals surface area contributed by atoms with Gasteiger partial charge in [-0.3, -0.25) is 9.69 Å². The monoisotopic (exact) mass is 321 g/mol. The quantitative estimate of drug-likeness (QED) is 0.818. The molecule has 3 fully saturated rings. The third-order valence-corrected chi connectivity index (χ3v) is 6.36. The first-order valence-corrected chi connectivity index (χ1v) is 10.0. The van der Waals surface area contributed by atoms with E-state index in [2.05, 4.69) is 15.5 Å². The van der Waals surface area contributed by atoms with Gasteiger partial charge in [0, 0.05) is 18.5 Å². The van der Waals surface area contributed by atoms with Gasteiger partial charge in [-0.25, -0.2) is 0 Å². The number of rotatable bonds is 5. The van der Waals surface area contributed by atoms with E-state index in [1.54, 1.807) is 0 Å². The Morgan fingerprint density at radius 1 is 1.00 bits per heavy atom. The van der Waals surface area contributed by atoms with E-state index >= 15 is 0 Å². The Morgan fingerprint density at radius 3 is 2.35 bits per heavy atom. The zero-order chi connectivity index (χ0) is 16.0. The number of carbonyl (C=O) groups is 1. The van der Waals surface area contributed by atoms with Crippen LogP contribution >= 0.6 is 0 Å². The molecule has 1 amide bonds. The summed E-state index contributed by atoms with van der Waals surface area (Å²) in [6.45, 7) is 5.52. The molecule has 23 heavy (non-hydrogen) atoms. The first-order chi connectivity index (χ1) is 11.3. The Hall–Kier alpha value is -0.610. The molecule has 2 heterocycles. The zero-order valence-corrected chi connectivity index (χ0v) is 14.7. The highest BCUT2D eigenvalue weighted by atomic mass is 16.1. The van der Waals surface area contributed by atoms with E-state index in [0.29, 0.717) is 11.8 Å². The van der Waals surface area contributed by atoms with Crippen molar-refractivity contribution in [2.24, 2.45) is 5.92 Å². The number of piperidine rings is 2. The first kappa shape index (κ1) is 17.2. The average Bonchev–Trinajstić information content (AvgIpc) is 2.62. The molecule has 0 unspecified atom stereocenters. The van der Waals surface area contributed by atoms with Crippen LogP contribution in [0.3, 0.4) is 0 Å². The predicted molar refractivity (Wildman–Crippen MR) is 94.5 cm³/mol. The molecule has 0 bridgehead atoms. The minimum Gasteiger partial charge on any atom is -0.354 e. The number of likely N-dealkylation sites (tertiary alicyclic amines) is 1. The first-order valence-electron chi connectivity index (χ1n) is 10.0. The summed E-state index contributed by atoms with van der Waals surface area (Å²) >= 11 is 0. The summed E-state index contributed by atoms with van der Waals surface area (Å²) in [7, 11) is 0. The summed E-state index contributed by atoms with van der Waals surface area (Å²) < 4.78 is 0. The second-order valence-corrected chi connectivity index (χ2v) is 8.01. The lowest BCUT2D eigenvalue weighted by Gasteiger charge is -2.48. The van der Waals surface area contributed by atoms with Gasteiger partial charge in [0.05, 0.1) is 0 Å². The van der Waals surface area contributed by atoms with E-state index in [1.165, 1.54) is 64.5 Å². The molecule has 3 aliphatic rings. The van der Waals surface area contributed by atoms with Crippen LogP contribution in [0.2, 0.25) is 0 Å². The fourth-order valence-corrected chi connectivity index (χ4v) is 4.87. The van der Waals surface area contributed by atoms with E-state index < -0.39 is 0 Å². The van der Waals surface area contributed by atoms with Gasteiger partial charge in [-0.1, -0.05) is 25.7 Å². The van der Waals surface area contributed by atoms with Crippen molar-refractivity contribution in [1.82, 2.24) is 15.5 Å². The lowest BCUT2D eigenvalue weighted by atomic mass is 9.79. The van der Waals surface area contributed by atoms with Gasteiger partial charge in [0.25, 0.3) is 0 Å². The van der Waals surface area contributed by atoms with E-state index in [-0.39, 0.29) is 5.54 Å². The molecule has 3 rings (SSSR count). The fourth-order valence-electron chi connectivity index (χ4n) is 4.87. The largest absolute Gasteiger partial charge is 0.354 e. The van der Waals surface area contributed by atoms with Gasteiger partial charge in [-0.2, -0.15) is 0 Å². The van der Waals surface area contributed by atoms with Crippen LogP contribution in [0.5, 0.6) is 0 Å². The van der Waals surface area contributed by atoms with Gasteiger partial charge in [-0.15, -0.1) is 0 Å². The maximum absolute atomic E-state index is 12.4. The summed E-state index contributed by atoms with van der Waals surface area (Å²) in [6.07, 6.45) is 13.7. The van der Waals surface area contributed by atoms with Crippen LogP contribution in [-0.2, 0) is 4.79 Å². The second-order valence-electron chi connectivity index (χ2n) is 8.01. The molecule has 2 saturated heterocycles. The van der Waals surface area contributed by atoms with Crippen molar-refractivity contribution in [3.8, 4) is 0 Å². The highest BCUT2D eigenvalue weighted by Crippen LogP contribution is 2.35. The normalized spacial score (nSPS) is 26.8. The molecule has 0 radical (unpaired) electrons. The molecule has 4 heteroatoms. The molecular weight excluding hydrogens is 286 g/mol. The average molecular weight is 322 g/mol. The molecule has 1 aliphatic carbocycles. The highest BCUT2D eigenvalue weighted by Gasteiger charge is 2.38. The Labute approximate surface area is 141 Å². The SMILES string of the molecule is O=C(CC1CCNCC1)NCC1(N2CCCCC2)CCCCC1. The lowest BCUT2D eigenvalue weighted by Crippen LogP contribution is -2.58. The maximum Gasteiger partial charge on any atom is 0.220 e. The topological polar surface area (TPSA) is 44.4 Å². The van der Waals surface area contributed by atoms with Crippen LogP contribution < -0.4 is 10.6 Å². The number of nitrogens with one attached hydrogen (secondary N) is 2. The van der Waals surface area contributed by atoms with Crippen molar-refractivity contribution in [2.75, 3.05) is 32.7 Å². The van der Waals surface area contributed by atoms with Crippen LogP contribution in [-0.4, -0.2) is 49.1 Å². The van der Waals surface area contributed by atoms with Crippen molar-refractivity contribution < 1.29 is 4.79 Å². The minimum atomic E-state index is 0.266. The molecule has 0 aromatic rings. The number of nitrogens with zero attached hydrogens (tertiary/aromatic N) is 1. The summed E-state index contributed by atoms with van der Waals surface area (Å²) in [5.41, 5.74) is 0.266. The highest BCUT2D eigenvalue weighted by molar-refractivity contribution is 5.76. The standard InChI is InChI=1S/C19H35N3O/c23-18(15-17-7-11-20-12-8-17)21-16-19(9-3-1-4-10-19)22-13-5-2-6-14-22/h17,20H,1-16H2,(H,21,23). The minimum absolute atomic E-state index is 0.266.